The van der Waals surface area contributed by atoms with Gasteiger partial charge in [0.25, 0.3) is 0 Å². The number of thioether (sulfide) groups is 1. The summed E-state index contributed by atoms with van der Waals surface area (Å²) in [5.74, 6) is 0. The Kier molecular flexibility index (Phi) is 9.16. The van der Waals surface area contributed by atoms with E-state index in [1.54, 1.807) is 4.91 Å². The maximum absolute atomic E-state index is 2.57. The van der Waals surface area contributed by atoms with Crippen molar-refractivity contribution in [3.05, 3.63) is 130 Å². The molecule has 2 heterocycles. The fraction of sp³-hybridized carbons (Fsp3) is 0.396. The number of hydrogen-bond donors (Lipinski definition) is 0. The summed E-state index contributed by atoms with van der Waals surface area (Å²) in [6, 6.07) is 27.2. The molecule has 2 aliphatic carbocycles. The minimum atomic E-state index is -0.0749. The molecule has 0 N–H and O–H groups in total. The van der Waals surface area contributed by atoms with Crippen LogP contribution in [0, 0.1) is 0 Å². The molecular weight excluding hydrogens is 637 g/mol. The van der Waals surface area contributed by atoms with Crippen molar-refractivity contribution in [3.8, 4) is 0 Å². The van der Waals surface area contributed by atoms with Crippen LogP contribution in [-0.4, -0.2) is 28.6 Å². The van der Waals surface area contributed by atoms with E-state index in [0.717, 1.165) is 31.2 Å². The number of likely N-dealkylation sites (N-methyl/N-ethyl adjacent to an activating group) is 1. The highest BCUT2D eigenvalue weighted by Crippen LogP contribution is 2.51. The van der Waals surface area contributed by atoms with Crippen molar-refractivity contribution >= 4 is 50.4 Å². The van der Waals surface area contributed by atoms with Crippen LogP contribution in [0.25, 0.3) is 21.5 Å². The standard InChI is InChI=1S/C48H55N2S/c1-7-49-40-29-25-33-17-12-14-23-38(33)44(40)47(3,4)42(49)31-27-35-19-16-20-36(46(35)51-37-21-10-9-11-22-37)28-32-43-48(5,6)45-39-24-15-13-18-34(39)26-30-41(45)50(43)8-2/h12-15,17-18,23-32,37H,7-11,16,19-22H2,1-6H3/q+1. The van der Waals surface area contributed by atoms with Gasteiger partial charge in [0.2, 0.25) is 5.69 Å². The van der Waals surface area contributed by atoms with Gasteiger partial charge >= 0.3 is 0 Å². The molecule has 1 fully saturated rings. The third-order valence-electron chi connectivity index (χ3n) is 12.3. The van der Waals surface area contributed by atoms with Crippen LogP contribution in [0.4, 0.5) is 11.4 Å². The molecule has 0 amide bonds. The Morgan fingerprint density at radius 3 is 2.12 bits per heavy atom. The number of benzene rings is 4. The maximum atomic E-state index is 2.57. The molecule has 3 heteroatoms. The van der Waals surface area contributed by atoms with Gasteiger partial charge in [0, 0.05) is 51.2 Å². The highest BCUT2D eigenvalue weighted by Gasteiger charge is 2.45. The molecule has 0 unspecified atom stereocenters. The molecule has 262 valence electrons. The highest BCUT2D eigenvalue weighted by atomic mass is 32.2. The van der Waals surface area contributed by atoms with Crippen LogP contribution in [0.2, 0.25) is 0 Å². The number of hydrogen-bond acceptors (Lipinski definition) is 2. The van der Waals surface area contributed by atoms with E-state index in [1.165, 1.54) is 105 Å². The summed E-state index contributed by atoms with van der Waals surface area (Å²) in [6.07, 6.45) is 20.4. The second-order valence-corrected chi connectivity index (χ2v) is 17.5. The van der Waals surface area contributed by atoms with Crippen LogP contribution >= 0.6 is 11.8 Å². The number of nitrogens with zero attached hydrogens (tertiary/aromatic N) is 2. The lowest BCUT2D eigenvalue weighted by atomic mass is 9.78. The fourth-order valence-corrected chi connectivity index (χ4v) is 11.4. The highest BCUT2D eigenvalue weighted by molar-refractivity contribution is 8.03. The quantitative estimate of drug-likeness (QED) is 0.178. The average molecular weight is 692 g/mol. The minimum Gasteiger partial charge on any atom is -0.344 e. The van der Waals surface area contributed by atoms with Gasteiger partial charge in [-0.15, -0.1) is 11.8 Å². The Labute approximate surface area is 310 Å². The first kappa shape index (κ1) is 34.3. The Morgan fingerprint density at radius 2 is 1.41 bits per heavy atom. The molecule has 2 nitrogen and oxygen atoms in total. The van der Waals surface area contributed by atoms with Crippen LogP contribution in [0.1, 0.15) is 104 Å². The second-order valence-electron chi connectivity index (χ2n) is 16.1. The van der Waals surface area contributed by atoms with Crippen molar-refractivity contribution in [1.82, 2.24) is 0 Å². The Morgan fingerprint density at radius 1 is 0.725 bits per heavy atom. The van der Waals surface area contributed by atoms with E-state index in [2.05, 4.69) is 160 Å². The van der Waals surface area contributed by atoms with Crippen molar-refractivity contribution in [1.29, 1.82) is 0 Å². The molecule has 1 saturated carbocycles. The lowest BCUT2D eigenvalue weighted by molar-refractivity contribution is -0.433. The van der Waals surface area contributed by atoms with Crippen LogP contribution in [0.5, 0.6) is 0 Å². The normalized spacial score (nSPS) is 22.0. The van der Waals surface area contributed by atoms with Gasteiger partial charge in [0.1, 0.15) is 6.54 Å². The van der Waals surface area contributed by atoms with E-state index in [4.69, 9.17) is 0 Å². The van der Waals surface area contributed by atoms with Gasteiger partial charge in [0.05, 0.1) is 5.41 Å². The van der Waals surface area contributed by atoms with Gasteiger partial charge in [-0.1, -0.05) is 99.9 Å². The molecule has 8 rings (SSSR count). The number of allylic oxidation sites excluding steroid dienone is 7. The molecule has 0 atom stereocenters. The van der Waals surface area contributed by atoms with E-state index < -0.39 is 0 Å². The van der Waals surface area contributed by atoms with Crippen molar-refractivity contribution in [3.63, 3.8) is 0 Å². The molecule has 4 aromatic carbocycles. The number of fused-ring (bicyclic) bond motifs is 6. The summed E-state index contributed by atoms with van der Waals surface area (Å²) >= 11 is 2.21. The summed E-state index contributed by atoms with van der Waals surface area (Å²) in [5.41, 5.74) is 11.4. The smallest absolute Gasteiger partial charge is 0.210 e. The third kappa shape index (κ3) is 5.85. The summed E-state index contributed by atoms with van der Waals surface area (Å²) in [6.45, 7) is 16.3. The van der Waals surface area contributed by atoms with E-state index in [0.29, 0.717) is 0 Å². The SMILES string of the molecule is CCN1/C(=C/C=C2\CCCC(/C=C/C3=[N+](CC)c4ccc5ccccc5c4C3(C)C)=C2SC2CCCCC2)C(C)(C)c2c1ccc1ccccc21. The zero-order chi connectivity index (χ0) is 35.3. The van der Waals surface area contributed by atoms with Gasteiger partial charge in [-0.05, 0) is 116 Å². The lowest BCUT2D eigenvalue weighted by Crippen LogP contribution is -2.27. The monoisotopic (exact) mass is 691 g/mol. The van der Waals surface area contributed by atoms with Crippen LogP contribution in [-0.2, 0) is 10.8 Å². The average Bonchev–Trinajstić information content (AvgIpc) is 3.52. The van der Waals surface area contributed by atoms with E-state index in [9.17, 15) is 0 Å². The summed E-state index contributed by atoms with van der Waals surface area (Å²) < 4.78 is 2.57. The molecule has 2 aliphatic heterocycles. The molecule has 0 aromatic heterocycles. The molecule has 4 aromatic rings. The Hall–Kier alpha value is -3.82. The van der Waals surface area contributed by atoms with Gasteiger partial charge in [-0.2, -0.15) is 4.58 Å². The van der Waals surface area contributed by atoms with Crippen molar-refractivity contribution in [2.45, 2.75) is 109 Å². The van der Waals surface area contributed by atoms with Gasteiger partial charge < -0.3 is 4.90 Å². The van der Waals surface area contributed by atoms with E-state index in [1.807, 2.05) is 0 Å². The summed E-state index contributed by atoms with van der Waals surface area (Å²) in [5, 5.41) is 6.15. The first-order chi connectivity index (χ1) is 24.7. The minimum absolute atomic E-state index is 0.0749. The molecule has 0 radical (unpaired) electrons. The molecule has 4 aliphatic rings. The maximum Gasteiger partial charge on any atom is 0.210 e. The van der Waals surface area contributed by atoms with Crippen molar-refractivity contribution < 1.29 is 4.58 Å². The first-order valence-corrected chi connectivity index (χ1v) is 20.6. The predicted molar refractivity (Wildman–Crippen MR) is 223 cm³/mol. The number of anilines is 1. The van der Waals surface area contributed by atoms with Crippen LogP contribution in [0.15, 0.2) is 119 Å². The van der Waals surface area contributed by atoms with Crippen LogP contribution in [0.3, 0.4) is 0 Å². The summed E-state index contributed by atoms with van der Waals surface area (Å²) in [4.78, 5) is 4.13. The van der Waals surface area contributed by atoms with Crippen molar-refractivity contribution in [2.75, 3.05) is 18.0 Å². The number of rotatable bonds is 7. The third-order valence-corrected chi connectivity index (χ3v) is 13.9. The fourth-order valence-electron chi connectivity index (χ4n) is 9.83. The molecule has 0 spiro atoms. The topological polar surface area (TPSA) is 6.25 Å². The second kappa shape index (κ2) is 13.6. The van der Waals surface area contributed by atoms with E-state index in [-0.39, 0.29) is 10.8 Å². The molecule has 0 bridgehead atoms. The predicted octanol–water partition coefficient (Wildman–Crippen LogP) is 13.1. The molecule has 0 saturated heterocycles. The Bertz CT molecular complexity index is 2160. The summed E-state index contributed by atoms with van der Waals surface area (Å²) in [7, 11) is 0. The van der Waals surface area contributed by atoms with Gasteiger partial charge in [0.15, 0.2) is 5.71 Å². The van der Waals surface area contributed by atoms with Crippen molar-refractivity contribution in [2.24, 2.45) is 0 Å². The lowest BCUT2D eigenvalue weighted by Gasteiger charge is -2.28. The Balaban J connectivity index is 1.21. The molecule has 51 heavy (non-hydrogen) atoms. The zero-order valence-corrected chi connectivity index (χ0v) is 32.5. The van der Waals surface area contributed by atoms with E-state index >= 15 is 0 Å². The molecular formula is C48H55N2S+. The first-order valence-electron chi connectivity index (χ1n) is 19.7. The van der Waals surface area contributed by atoms with Gasteiger partial charge in [-0.25, -0.2) is 0 Å². The zero-order valence-electron chi connectivity index (χ0n) is 31.7. The van der Waals surface area contributed by atoms with Gasteiger partial charge in [-0.3, -0.25) is 0 Å². The largest absolute Gasteiger partial charge is 0.344 e. The van der Waals surface area contributed by atoms with Crippen LogP contribution < -0.4 is 4.90 Å².